The zero-order valence-electron chi connectivity index (χ0n) is 14.2. The van der Waals surface area contributed by atoms with Crippen molar-refractivity contribution in [3.05, 3.63) is 63.8 Å². The number of carbonyl (C=O) groups excluding carboxylic acids is 2. The average molecular weight is 462 g/mol. The van der Waals surface area contributed by atoms with Gasteiger partial charge in [-0.15, -0.1) is 0 Å². The summed E-state index contributed by atoms with van der Waals surface area (Å²) in [7, 11) is 1.86. The summed E-state index contributed by atoms with van der Waals surface area (Å²) in [6, 6.07) is 10.4. The molecule has 1 aromatic heterocycles. The van der Waals surface area contributed by atoms with Gasteiger partial charge in [0.1, 0.15) is 0 Å². The number of nitrogens with zero attached hydrogens (tertiary/aromatic N) is 1. The Bertz CT molecular complexity index is 1000. The van der Waals surface area contributed by atoms with Crippen molar-refractivity contribution in [3.8, 4) is 0 Å². The minimum Gasteiger partial charge on any atom is -0.550 e. The predicted octanol–water partition coefficient (Wildman–Crippen LogP) is 0.0338. The number of carbonyl (C=O) groups is 2. The van der Waals surface area contributed by atoms with E-state index in [2.05, 4.69) is 5.32 Å². The van der Waals surface area contributed by atoms with Crippen LogP contribution in [0.15, 0.2) is 42.6 Å². The van der Waals surface area contributed by atoms with Gasteiger partial charge in [0, 0.05) is 41.6 Å². The second-order valence-electron chi connectivity index (χ2n) is 5.60. The second kappa shape index (κ2) is 9.00. The number of carboxylic acid groups (broad SMARTS) is 1. The molecule has 0 aliphatic rings. The smallest absolute Gasteiger partial charge is 0.550 e. The number of halogens is 2. The number of nitrogens with one attached hydrogen (secondary N) is 1. The van der Waals surface area contributed by atoms with E-state index in [0.29, 0.717) is 16.8 Å². The Morgan fingerprint density at radius 1 is 1.15 bits per heavy atom. The van der Waals surface area contributed by atoms with Gasteiger partial charge >= 0.3 is 58.2 Å². The molecule has 0 aliphatic carbocycles. The van der Waals surface area contributed by atoms with Crippen molar-refractivity contribution in [1.29, 1.82) is 0 Å². The molecule has 2 aromatic carbocycles. The van der Waals surface area contributed by atoms with Crippen LogP contribution in [0.3, 0.4) is 0 Å². The Balaban J connectivity index is 0.00000243. The number of amides is 1. The number of aliphatic carboxylic acids is 1. The van der Waals surface area contributed by atoms with E-state index < -0.39 is 5.97 Å². The Morgan fingerprint density at radius 2 is 1.85 bits per heavy atom. The molecule has 0 atom stereocenters. The van der Waals surface area contributed by atoms with Crippen LogP contribution in [0.4, 0.5) is 5.69 Å². The van der Waals surface area contributed by atoms with E-state index in [9.17, 15) is 14.7 Å². The fourth-order valence-corrected chi connectivity index (χ4v) is 3.15. The summed E-state index contributed by atoms with van der Waals surface area (Å²) in [4.78, 5) is 23.4. The predicted molar refractivity (Wildman–Crippen MR) is 96.0 cm³/mol. The normalized spacial score (nSPS) is 10.4. The van der Waals surface area contributed by atoms with Crippen LogP contribution in [0, 0.1) is 0 Å². The fourth-order valence-electron chi connectivity index (χ4n) is 2.69. The molecule has 0 saturated heterocycles. The molecule has 5 nitrogen and oxygen atoms in total. The number of para-hydroxylation sites is 1. The maximum absolute atomic E-state index is 12.6. The molecule has 0 spiro atoms. The van der Waals surface area contributed by atoms with Crippen molar-refractivity contribution >= 4 is 51.7 Å². The Kier molecular flexibility index (Phi) is 7.48. The number of aryl methyl sites for hydroxylation is 1. The summed E-state index contributed by atoms with van der Waals surface area (Å²) in [6.45, 7) is 0. The SMILES string of the molecule is Cn1cc(C(=O)Nc2cc(Cl)c(CC(=O)[O-])cc2Cl)c2ccccc21.[Rb+]. The van der Waals surface area contributed by atoms with Crippen molar-refractivity contribution in [2.75, 3.05) is 5.32 Å². The molecule has 0 saturated carbocycles. The van der Waals surface area contributed by atoms with Gasteiger partial charge in [-0.25, -0.2) is 0 Å². The average Bonchev–Trinajstić information content (AvgIpc) is 2.89. The van der Waals surface area contributed by atoms with E-state index in [4.69, 9.17) is 23.2 Å². The minimum atomic E-state index is -1.26. The van der Waals surface area contributed by atoms with E-state index in [1.54, 1.807) is 6.20 Å². The molecule has 0 aliphatic heterocycles. The third kappa shape index (κ3) is 4.58. The maximum Gasteiger partial charge on any atom is 1.00 e. The van der Waals surface area contributed by atoms with Gasteiger partial charge in [0.2, 0.25) is 0 Å². The Labute approximate surface area is 209 Å². The van der Waals surface area contributed by atoms with Crippen LogP contribution >= 0.6 is 23.2 Å². The van der Waals surface area contributed by atoms with E-state index in [1.165, 1.54) is 12.1 Å². The van der Waals surface area contributed by atoms with Crippen LogP contribution in [-0.4, -0.2) is 16.4 Å². The zero-order chi connectivity index (χ0) is 18.1. The van der Waals surface area contributed by atoms with Crippen LogP contribution in [0.1, 0.15) is 15.9 Å². The third-order valence-electron chi connectivity index (χ3n) is 3.86. The first-order valence-electron chi connectivity index (χ1n) is 7.40. The number of aromatic nitrogens is 1. The van der Waals surface area contributed by atoms with Crippen LogP contribution < -0.4 is 68.6 Å². The number of fused-ring (bicyclic) bond motifs is 1. The number of carboxylic acids is 1. The monoisotopic (exact) mass is 460 g/mol. The van der Waals surface area contributed by atoms with Gasteiger partial charge in [-0.1, -0.05) is 41.4 Å². The van der Waals surface area contributed by atoms with Crippen molar-refractivity contribution in [2.24, 2.45) is 7.05 Å². The van der Waals surface area contributed by atoms with Gasteiger partial charge in [-0.3, -0.25) is 4.79 Å². The first-order valence-corrected chi connectivity index (χ1v) is 8.15. The molecule has 128 valence electrons. The van der Waals surface area contributed by atoms with Crippen LogP contribution in [0.25, 0.3) is 10.9 Å². The van der Waals surface area contributed by atoms with Gasteiger partial charge in [0.15, 0.2) is 0 Å². The first-order chi connectivity index (χ1) is 11.9. The van der Waals surface area contributed by atoms with Crippen LogP contribution in [0.5, 0.6) is 0 Å². The Hall–Kier alpha value is -0.695. The van der Waals surface area contributed by atoms with Crippen LogP contribution in [-0.2, 0) is 18.3 Å². The van der Waals surface area contributed by atoms with E-state index in [1.807, 2.05) is 35.9 Å². The largest absolute Gasteiger partial charge is 1.00 e. The number of hydrogen-bond donors (Lipinski definition) is 1. The summed E-state index contributed by atoms with van der Waals surface area (Å²) in [5.74, 6) is -1.59. The minimum absolute atomic E-state index is 0. The molecule has 0 unspecified atom stereocenters. The summed E-state index contributed by atoms with van der Waals surface area (Å²) in [5, 5.41) is 14.7. The number of rotatable bonds is 4. The third-order valence-corrected chi connectivity index (χ3v) is 4.53. The van der Waals surface area contributed by atoms with E-state index in [0.717, 1.165) is 10.9 Å². The number of anilines is 1. The topological polar surface area (TPSA) is 74.2 Å². The van der Waals surface area contributed by atoms with Gasteiger partial charge in [0.25, 0.3) is 5.91 Å². The van der Waals surface area contributed by atoms with Crippen molar-refractivity contribution < 1.29 is 72.9 Å². The van der Waals surface area contributed by atoms with Gasteiger partial charge in [-0.05, 0) is 23.8 Å². The van der Waals surface area contributed by atoms with Gasteiger partial charge < -0.3 is 19.8 Å². The quantitative estimate of drug-likeness (QED) is 0.596. The summed E-state index contributed by atoms with van der Waals surface area (Å²) >= 11 is 12.2. The second-order valence-corrected chi connectivity index (χ2v) is 6.41. The van der Waals surface area contributed by atoms with Gasteiger partial charge in [0.05, 0.1) is 16.3 Å². The number of benzene rings is 2. The summed E-state index contributed by atoms with van der Waals surface area (Å²) in [5.41, 5.74) is 2.08. The van der Waals surface area contributed by atoms with Gasteiger partial charge in [-0.2, -0.15) is 0 Å². The maximum atomic E-state index is 12.6. The number of hydrogen-bond acceptors (Lipinski definition) is 3. The van der Waals surface area contributed by atoms with Crippen molar-refractivity contribution in [2.45, 2.75) is 6.42 Å². The zero-order valence-corrected chi connectivity index (χ0v) is 20.6. The molecule has 1 N–H and O–H groups in total. The molecule has 1 heterocycles. The molecular formula is C18H13Cl2N2O3Rb. The van der Waals surface area contributed by atoms with Crippen LogP contribution in [0.2, 0.25) is 10.0 Å². The first kappa shape index (κ1) is 21.6. The molecule has 1 amide bonds. The van der Waals surface area contributed by atoms with E-state index >= 15 is 0 Å². The molecule has 0 fully saturated rings. The van der Waals surface area contributed by atoms with Crippen molar-refractivity contribution in [1.82, 2.24) is 4.57 Å². The Morgan fingerprint density at radius 3 is 2.54 bits per heavy atom. The van der Waals surface area contributed by atoms with E-state index in [-0.39, 0.29) is 80.6 Å². The molecule has 3 rings (SSSR count). The molecule has 0 radical (unpaired) electrons. The summed E-state index contributed by atoms with van der Waals surface area (Å²) in [6.07, 6.45) is 1.39. The summed E-state index contributed by atoms with van der Waals surface area (Å²) < 4.78 is 1.86. The molecular weight excluding hydrogens is 449 g/mol. The fraction of sp³-hybridized carbons (Fsp3) is 0.111. The molecule has 0 bridgehead atoms. The molecule has 26 heavy (non-hydrogen) atoms. The molecule has 3 aromatic rings. The standard InChI is InChI=1S/C18H14Cl2N2O3.Rb/c1-22-9-12(11-4-2-3-5-16(11)22)18(25)21-15-8-13(19)10(6-14(15)20)7-17(23)24;/h2-6,8-9H,7H2,1H3,(H,21,25)(H,23,24);/q;+1/p-1. The molecule has 8 heteroatoms. The van der Waals surface area contributed by atoms with Crippen molar-refractivity contribution in [3.63, 3.8) is 0 Å².